The number of aryl methyl sites for hydroxylation is 1. The Hall–Kier alpha value is -2.91. The molecule has 0 bridgehead atoms. The van der Waals surface area contributed by atoms with Gasteiger partial charge < -0.3 is 10.2 Å². The van der Waals surface area contributed by atoms with Gasteiger partial charge in [0.1, 0.15) is 5.82 Å². The average Bonchev–Trinajstić information content (AvgIpc) is 3.16. The molecule has 26 heavy (non-hydrogen) atoms. The Kier molecular flexibility index (Phi) is 4.09. The average molecular weight is 359 g/mol. The van der Waals surface area contributed by atoms with Crippen LogP contribution in [0, 0.1) is 0 Å². The van der Waals surface area contributed by atoms with Gasteiger partial charge in [-0.15, -0.1) is 0 Å². The number of H-pyrrole nitrogens is 2. The lowest BCUT2D eigenvalue weighted by Crippen LogP contribution is -2.54. The van der Waals surface area contributed by atoms with Crippen LogP contribution in [0.2, 0.25) is 0 Å². The first-order valence-corrected chi connectivity index (χ1v) is 8.78. The summed E-state index contributed by atoms with van der Waals surface area (Å²) in [7, 11) is 1.63. The molecule has 2 aliphatic rings. The molecule has 1 fully saturated rings. The molecule has 0 atom stereocenters. The van der Waals surface area contributed by atoms with Gasteiger partial charge in [0.15, 0.2) is 0 Å². The normalized spacial score (nSPS) is 16.9. The zero-order chi connectivity index (χ0) is 18.3. The summed E-state index contributed by atoms with van der Waals surface area (Å²) in [6.07, 6.45) is 4.22. The standard InChI is InChI=1S/C16H21N7O3/c1-22-13(20-21-16(22)26)9-7-23(8-9)15(25)14(24)17-6-12-10-4-2-3-5-11(10)18-19-12/h9H,2-8H2,1H3,(H,17,24)(H,18,19)(H,21,26). The molecule has 0 radical (unpaired) electrons. The fourth-order valence-electron chi connectivity index (χ4n) is 3.61. The van der Waals surface area contributed by atoms with Crippen LogP contribution in [-0.4, -0.2) is 54.8 Å². The number of nitrogens with one attached hydrogen (secondary N) is 3. The maximum absolute atomic E-state index is 12.2. The highest BCUT2D eigenvalue weighted by atomic mass is 16.2. The van der Waals surface area contributed by atoms with Crippen molar-refractivity contribution in [3.05, 3.63) is 33.3 Å². The van der Waals surface area contributed by atoms with Crippen LogP contribution in [0.1, 0.15) is 41.5 Å². The number of rotatable bonds is 3. The summed E-state index contributed by atoms with van der Waals surface area (Å²) in [5.74, 6) is -0.630. The Morgan fingerprint density at radius 2 is 1.96 bits per heavy atom. The fourth-order valence-corrected chi connectivity index (χ4v) is 3.61. The zero-order valence-corrected chi connectivity index (χ0v) is 14.5. The van der Waals surface area contributed by atoms with E-state index in [2.05, 4.69) is 25.7 Å². The molecule has 10 nitrogen and oxygen atoms in total. The number of amides is 2. The van der Waals surface area contributed by atoms with Crippen LogP contribution in [0.25, 0.3) is 0 Å². The molecule has 2 aromatic rings. The Labute approximate surface area is 149 Å². The minimum atomic E-state index is -0.632. The fraction of sp³-hybridized carbons (Fsp3) is 0.562. The van der Waals surface area contributed by atoms with E-state index in [0.717, 1.165) is 37.1 Å². The van der Waals surface area contributed by atoms with Gasteiger partial charge in [-0.3, -0.25) is 19.3 Å². The zero-order valence-electron chi connectivity index (χ0n) is 14.5. The van der Waals surface area contributed by atoms with Gasteiger partial charge in [0.05, 0.1) is 18.2 Å². The van der Waals surface area contributed by atoms with E-state index in [-0.39, 0.29) is 18.2 Å². The molecule has 3 heterocycles. The molecule has 1 saturated heterocycles. The van der Waals surface area contributed by atoms with E-state index < -0.39 is 11.8 Å². The quantitative estimate of drug-likeness (QED) is 0.603. The summed E-state index contributed by atoms with van der Waals surface area (Å²) in [6, 6.07) is 0. The van der Waals surface area contributed by atoms with E-state index in [9.17, 15) is 14.4 Å². The van der Waals surface area contributed by atoms with Crippen LogP contribution in [-0.2, 0) is 36.0 Å². The second-order valence-corrected chi connectivity index (χ2v) is 6.87. The van der Waals surface area contributed by atoms with Gasteiger partial charge in [0.2, 0.25) is 0 Å². The van der Waals surface area contributed by atoms with Crippen molar-refractivity contribution in [2.75, 3.05) is 13.1 Å². The molecule has 4 rings (SSSR count). The van der Waals surface area contributed by atoms with Crippen LogP contribution in [0.15, 0.2) is 4.79 Å². The molecule has 0 saturated carbocycles. The predicted molar refractivity (Wildman–Crippen MR) is 90.2 cm³/mol. The van der Waals surface area contributed by atoms with Crippen LogP contribution in [0.4, 0.5) is 0 Å². The lowest BCUT2D eigenvalue weighted by atomic mass is 9.96. The van der Waals surface area contributed by atoms with E-state index in [1.54, 1.807) is 7.05 Å². The molecule has 0 aromatic carbocycles. The number of hydrogen-bond donors (Lipinski definition) is 3. The number of fused-ring (bicyclic) bond motifs is 1. The summed E-state index contributed by atoms with van der Waals surface area (Å²) in [5, 5.41) is 16.3. The molecular weight excluding hydrogens is 338 g/mol. The topological polar surface area (TPSA) is 129 Å². The summed E-state index contributed by atoms with van der Waals surface area (Å²) < 4.78 is 1.42. The maximum atomic E-state index is 12.2. The van der Waals surface area contributed by atoms with E-state index in [4.69, 9.17) is 0 Å². The minimum absolute atomic E-state index is 0.0333. The summed E-state index contributed by atoms with van der Waals surface area (Å²) in [5.41, 5.74) is 2.84. The molecule has 2 amide bonds. The van der Waals surface area contributed by atoms with Gasteiger partial charge in [0, 0.05) is 25.8 Å². The van der Waals surface area contributed by atoms with Gasteiger partial charge in [-0.25, -0.2) is 9.89 Å². The SMILES string of the molecule is Cn1c(C2CN(C(=O)C(=O)NCc3n[nH]c4c3CCCC4)C2)n[nH]c1=O. The number of nitrogens with zero attached hydrogens (tertiary/aromatic N) is 4. The lowest BCUT2D eigenvalue weighted by Gasteiger charge is -2.37. The van der Waals surface area contributed by atoms with Crippen LogP contribution < -0.4 is 11.0 Å². The van der Waals surface area contributed by atoms with Gasteiger partial charge in [-0.1, -0.05) is 0 Å². The van der Waals surface area contributed by atoms with Crippen LogP contribution in [0.5, 0.6) is 0 Å². The molecule has 3 N–H and O–H groups in total. The first kappa shape index (κ1) is 16.6. The van der Waals surface area contributed by atoms with E-state index >= 15 is 0 Å². The van der Waals surface area contributed by atoms with Crippen molar-refractivity contribution in [3.63, 3.8) is 0 Å². The van der Waals surface area contributed by atoms with Gasteiger partial charge in [0.25, 0.3) is 0 Å². The molecule has 2 aromatic heterocycles. The largest absolute Gasteiger partial charge is 0.343 e. The van der Waals surface area contributed by atoms with E-state index in [1.807, 2.05) is 0 Å². The highest BCUT2D eigenvalue weighted by Crippen LogP contribution is 2.24. The van der Waals surface area contributed by atoms with Gasteiger partial charge in [-0.2, -0.15) is 10.2 Å². The summed E-state index contributed by atoms with van der Waals surface area (Å²) in [6.45, 7) is 1.01. The predicted octanol–water partition coefficient (Wildman–Crippen LogP) is -1.05. The first-order chi connectivity index (χ1) is 12.5. The minimum Gasteiger partial charge on any atom is -0.342 e. The van der Waals surface area contributed by atoms with Crippen molar-refractivity contribution < 1.29 is 9.59 Å². The molecule has 138 valence electrons. The third kappa shape index (κ3) is 2.80. The van der Waals surface area contributed by atoms with E-state index in [0.29, 0.717) is 18.9 Å². The maximum Gasteiger partial charge on any atom is 0.343 e. The Morgan fingerprint density at radius 3 is 2.69 bits per heavy atom. The van der Waals surface area contributed by atoms with Crippen molar-refractivity contribution >= 4 is 11.8 Å². The summed E-state index contributed by atoms with van der Waals surface area (Å²) >= 11 is 0. The number of hydrogen-bond acceptors (Lipinski definition) is 5. The molecule has 10 heteroatoms. The van der Waals surface area contributed by atoms with Crippen molar-refractivity contribution in [1.29, 1.82) is 0 Å². The van der Waals surface area contributed by atoms with Crippen LogP contribution >= 0.6 is 0 Å². The van der Waals surface area contributed by atoms with Gasteiger partial charge >= 0.3 is 17.5 Å². The molecule has 0 spiro atoms. The molecule has 1 aliphatic heterocycles. The van der Waals surface area contributed by atoms with Crippen LogP contribution in [0.3, 0.4) is 0 Å². The Balaban J connectivity index is 1.30. The third-order valence-electron chi connectivity index (χ3n) is 5.20. The summed E-state index contributed by atoms with van der Waals surface area (Å²) in [4.78, 5) is 37.2. The number of aromatic nitrogens is 5. The third-order valence-corrected chi connectivity index (χ3v) is 5.20. The Bertz CT molecular complexity index is 903. The Morgan fingerprint density at radius 1 is 1.19 bits per heavy atom. The number of aromatic amines is 2. The highest BCUT2D eigenvalue weighted by molar-refractivity contribution is 6.35. The lowest BCUT2D eigenvalue weighted by molar-refractivity contribution is -0.149. The number of carbonyl (C=O) groups is 2. The smallest absolute Gasteiger partial charge is 0.342 e. The monoisotopic (exact) mass is 359 g/mol. The van der Waals surface area contributed by atoms with Crippen molar-refractivity contribution in [1.82, 2.24) is 35.2 Å². The molecule has 1 aliphatic carbocycles. The number of carbonyl (C=O) groups excluding carboxylic acids is 2. The van der Waals surface area contributed by atoms with Crippen molar-refractivity contribution in [3.8, 4) is 0 Å². The van der Waals surface area contributed by atoms with Crippen molar-refractivity contribution in [2.24, 2.45) is 7.05 Å². The first-order valence-electron chi connectivity index (χ1n) is 8.78. The van der Waals surface area contributed by atoms with Gasteiger partial charge in [-0.05, 0) is 31.2 Å². The second-order valence-electron chi connectivity index (χ2n) is 6.87. The molecule has 0 unspecified atom stereocenters. The molecular formula is C16H21N7O3. The highest BCUT2D eigenvalue weighted by Gasteiger charge is 2.37. The van der Waals surface area contributed by atoms with E-state index in [1.165, 1.54) is 15.0 Å². The number of likely N-dealkylation sites (tertiary alicyclic amines) is 1. The van der Waals surface area contributed by atoms with Crippen molar-refractivity contribution in [2.45, 2.75) is 38.1 Å². The second kappa shape index (κ2) is 6.43.